The number of para-hydroxylation sites is 1. The molecule has 1 aliphatic rings. The highest BCUT2D eigenvalue weighted by Gasteiger charge is 2.35. The Kier molecular flexibility index (Phi) is 4.62. The van der Waals surface area contributed by atoms with Crippen LogP contribution in [0.25, 0.3) is 11.4 Å². The number of aryl methyl sites for hydroxylation is 1. The van der Waals surface area contributed by atoms with Gasteiger partial charge >= 0.3 is 0 Å². The van der Waals surface area contributed by atoms with Crippen molar-refractivity contribution in [1.82, 2.24) is 15.0 Å². The number of amides is 1. The maximum Gasteiger partial charge on any atom is 0.258 e. The van der Waals surface area contributed by atoms with Crippen LogP contribution in [0.4, 0.5) is 0 Å². The Bertz CT molecular complexity index is 967. The molecule has 0 spiro atoms. The van der Waals surface area contributed by atoms with Gasteiger partial charge in [0.15, 0.2) is 0 Å². The van der Waals surface area contributed by atoms with Crippen molar-refractivity contribution < 1.29 is 14.1 Å². The van der Waals surface area contributed by atoms with E-state index in [-0.39, 0.29) is 11.9 Å². The lowest BCUT2D eigenvalue weighted by Crippen LogP contribution is -2.31. The second-order valence-corrected chi connectivity index (χ2v) is 6.68. The van der Waals surface area contributed by atoms with E-state index in [0.717, 1.165) is 24.0 Å². The van der Waals surface area contributed by atoms with Gasteiger partial charge in [-0.25, -0.2) is 0 Å². The van der Waals surface area contributed by atoms with Crippen LogP contribution in [-0.2, 0) is 0 Å². The number of ether oxygens (including phenoxy) is 1. The molecular formula is C21H21N3O3. The summed E-state index contributed by atoms with van der Waals surface area (Å²) < 4.78 is 10.9. The fourth-order valence-electron chi connectivity index (χ4n) is 3.51. The molecule has 0 saturated carbocycles. The number of methoxy groups -OCH3 is 1. The van der Waals surface area contributed by atoms with Gasteiger partial charge in [-0.2, -0.15) is 4.98 Å². The third kappa shape index (κ3) is 3.30. The Balaban J connectivity index is 1.61. The summed E-state index contributed by atoms with van der Waals surface area (Å²) in [5.74, 6) is 1.52. The third-order valence-electron chi connectivity index (χ3n) is 4.85. The first-order valence-corrected chi connectivity index (χ1v) is 9.02. The molecule has 1 fully saturated rings. The molecule has 27 heavy (non-hydrogen) atoms. The molecule has 4 rings (SSSR count). The molecule has 1 amide bonds. The number of likely N-dealkylation sites (tertiary alicyclic amines) is 1. The summed E-state index contributed by atoms with van der Waals surface area (Å²) in [7, 11) is 1.57. The molecule has 1 saturated heterocycles. The summed E-state index contributed by atoms with van der Waals surface area (Å²) >= 11 is 0. The quantitative estimate of drug-likeness (QED) is 0.700. The van der Waals surface area contributed by atoms with Gasteiger partial charge in [0.05, 0.1) is 12.7 Å². The number of rotatable bonds is 4. The molecule has 3 aromatic rings. The van der Waals surface area contributed by atoms with Crippen molar-refractivity contribution in [2.75, 3.05) is 13.7 Å². The zero-order valence-corrected chi connectivity index (χ0v) is 15.4. The van der Waals surface area contributed by atoms with E-state index < -0.39 is 0 Å². The van der Waals surface area contributed by atoms with Gasteiger partial charge in [-0.15, -0.1) is 0 Å². The molecule has 6 heteroatoms. The first kappa shape index (κ1) is 17.3. The molecule has 1 atom stereocenters. The van der Waals surface area contributed by atoms with Crippen LogP contribution in [0.5, 0.6) is 5.75 Å². The zero-order valence-electron chi connectivity index (χ0n) is 15.4. The number of nitrogens with zero attached hydrogens (tertiary/aromatic N) is 3. The van der Waals surface area contributed by atoms with Crippen LogP contribution in [-0.4, -0.2) is 34.6 Å². The van der Waals surface area contributed by atoms with Crippen molar-refractivity contribution in [3.05, 3.63) is 65.5 Å². The monoisotopic (exact) mass is 363 g/mol. The lowest BCUT2D eigenvalue weighted by molar-refractivity contribution is 0.0706. The van der Waals surface area contributed by atoms with Gasteiger partial charge in [-0.3, -0.25) is 4.79 Å². The summed E-state index contributed by atoms with van der Waals surface area (Å²) in [6, 6.07) is 15.0. The average molecular weight is 363 g/mol. The number of benzene rings is 2. The van der Waals surface area contributed by atoms with Crippen LogP contribution in [0, 0.1) is 6.92 Å². The molecule has 1 aliphatic heterocycles. The van der Waals surface area contributed by atoms with E-state index in [1.165, 1.54) is 0 Å². The summed E-state index contributed by atoms with van der Waals surface area (Å²) in [6.45, 7) is 2.68. The van der Waals surface area contributed by atoms with Crippen molar-refractivity contribution >= 4 is 5.91 Å². The third-order valence-corrected chi connectivity index (χ3v) is 4.85. The van der Waals surface area contributed by atoms with Crippen molar-refractivity contribution in [2.45, 2.75) is 25.8 Å². The molecule has 0 unspecified atom stereocenters. The molecule has 0 N–H and O–H groups in total. The first-order chi connectivity index (χ1) is 13.2. The molecule has 138 valence electrons. The Labute approximate surface area is 157 Å². The van der Waals surface area contributed by atoms with Gasteiger partial charge in [0.2, 0.25) is 11.7 Å². The van der Waals surface area contributed by atoms with E-state index in [2.05, 4.69) is 10.1 Å². The zero-order chi connectivity index (χ0) is 18.8. The van der Waals surface area contributed by atoms with E-state index in [1.807, 2.05) is 43.3 Å². The lowest BCUT2D eigenvalue weighted by atomic mass is 10.1. The fraction of sp³-hybridized carbons (Fsp3) is 0.286. The van der Waals surface area contributed by atoms with E-state index in [0.29, 0.717) is 29.6 Å². The number of carbonyl (C=O) groups is 1. The van der Waals surface area contributed by atoms with Gasteiger partial charge in [0.25, 0.3) is 5.91 Å². The Morgan fingerprint density at radius 1 is 1.22 bits per heavy atom. The minimum absolute atomic E-state index is 0.0785. The maximum atomic E-state index is 13.1. The minimum Gasteiger partial charge on any atom is -0.496 e. The van der Waals surface area contributed by atoms with Gasteiger partial charge in [0.1, 0.15) is 11.8 Å². The lowest BCUT2D eigenvalue weighted by Gasteiger charge is -2.22. The van der Waals surface area contributed by atoms with E-state index in [1.54, 1.807) is 24.1 Å². The van der Waals surface area contributed by atoms with Crippen LogP contribution in [0.2, 0.25) is 0 Å². The highest BCUT2D eigenvalue weighted by atomic mass is 16.5. The van der Waals surface area contributed by atoms with Gasteiger partial charge in [-0.1, -0.05) is 41.1 Å². The average Bonchev–Trinajstić information content (AvgIpc) is 3.36. The second-order valence-electron chi connectivity index (χ2n) is 6.68. The number of aromatic nitrogens is 2. The Morgan fingerprint density at radius 3 is 2.89 bits per heavy atom. The SMILES string of the molecule is COc1ccccc1C(=O)N1CCC[C@@H]1c1nc(-c2cccc(C)c2)no1. The van der Waals surface area contributed by atoms with Crippen LogP contribution in [0.1, 0.15) is 40.7 Å². The topological polar surface area (TPSA) is 68.5 Å². The molecular weight excluding hydrogens is 342 g/mol. The fourth-order valence-corrected chi connectivity index (χ4v) is 3.51. The highest BCUT2D eigenvalue weighted by molar-refractivity contribution is 5.97. The minimum atomic E-state index is -0.214. The molecule has 2 aromatic carbocycles. The van der Waals surface area contributed by atoms with Crippen LogP contribution >= 0.6 is 0 Å². The predicted octanol–water partition coefficient (Wildman–Crippen LogP) is 4.03. The van der Waals surface area contributed by atoms with E-state index in [4.69, 9.17) is 9.26 Å². The molecule has 6 nitrogen and oxygen atoms in total. The standard InChI is InChI=1S/C21H21N3O3/c1-14-7-5-8-15(13-14)19-22-20(27-23-19)17-10-6-12-24(17)21(25)16-9-3-4-11-18(16)26-2/h3-5,7-9,11,13,17H,6,10,12H2,1-2H3/t17-/m1/s1. The molecule has 1 aromatic heterocycles. The molecule has 0 radical (unpaired) electrons. The Hall–Kier alpha value is -3.15. The smallest absolute Gasteiger partial charge is 0.258 e. The van der Waals surface area contributed by atoms with Crippen molar-refractivity contribution in [2.24, 2.45) is 0 Å². The normalized spacial score (nSPS) is 16.5. The van der Waals surface area contributed by atoms with Crippen molar-refractivity contribution in [3.8, 4) is 17.1 Å². The van der Waals surface area contributed by atoms with E-state index >= 15 is 0 Å². The summed E-state index contributed by atoms with van der Waals surface area (Å²) in [5.41, 5.74) is 2.59. The molecule has 0 bridgehead atoms. The number of hydrogen-bond donors (Lipinski definition) is 0. The Morgan fingerprint density at radius 2 is 2.07 bits per heavy atom. The maximum absolute atomic E-state index is 13.1. The van der Waals surface area contributed by atoms with Crippen molar-refractivity contribution in [3.63, 3.8) is 0 Å². The predicted molar refractivity (Wildman–Crippen MR) is 100 cm³/mol. The first-order valence-electron chi connectivity index (χ1n) is 9.02. The van der Waals surface area contributed by atoms with Gasteiger partial charge in [0, 0.05) is 12.1 Å². The van der Waals surface area contributed by atoms with Crippen LogP contribution in [0.15, 0.2) is 53.1 Å². The molecule has 2 heterocycles. The second kappa shape index (κ2) is 7.23. The number of hydrogen-bond acceptors (Lipinski definition) is 5. The van der Waals surface area contributed by atoms with E-state index in [9.17, 15) is 4.79 Å². The summed E-state index contributed by atoms with van der Waals surface area (Å²) in [4.78, 5) is 19.5. The number of carbonyl (C=O) groups excluding carboxylic acids is 1. The van der Waals surface area contributed by atoms with Crippen LogP contribution < -0.4 is 4.74 Å². The van der Waals surface area contributed by atoms with Gasteiger partial charge < -0.3 is 14.2 Å². The van der Waals surface area contributed by atoms with Crippen LogP contribution in [0.3, 0.4) is 0 Å². The molecule has 0 aliphatic carbocycles. The van der Waals surface area contributed by atoms with Crippen molar-refractivity contribution in [1.29, 1.82) is 0 Å². The summed E-state index contributed by atoms with van der Waals surface area (Å²) in [6.07, 6.45) is 1.70. The largest absolute Gasteiger partial charge is 0.496 e. The summed E-state index contributed by atoms with van der Waals surface area (Å²) in [5, 5.41) is 4.12. The van der Waals surface area contributed by atoms with Gasteiger partial charge in [-0.05, 0) is 38.0 Å². The highest BCUT2D eigenvalue weighted by Crippen LogP contribution is 2.34.